The molecule has 15 heteroatoms. The molecule has 2 fully saturated rings. The molecule has 14 atom stereocenters. The summed E-state index contributed by atoms with van der Waals surface area (Å²) < 4.78 is 23.0. The summed E-state index contributed by atoms with van der Waals surface area (Å²) in [6.45, 7) is 18.0. The van der Waals surface area contributed by atoms with Crippen LogP contribution in [0.15, 0.2) is 0 Å². The zero-order chi connectivity index (χ0) is 39.7. The molecule has 0 aromatic carbocycles. The van der Waals surface area contributed by atoms with E-state index in [2.05, 4.69) is 5.32 Å². The van der Waals surface area contributed by atoms with E-state index in [1.165, 1.54) is 18.7 Å². The molecule has 6 N–H and O–H groups in total. The Kier molecular flexibility index (Phi) is 17.7. The molecule has 2 aliphatic heterocycles. The molecule has 0 unspecified atom stereocenters. The number of aliphatic hydroxyl groups excluding tert-OH is 3. The second-order valence-corrected chi connectivity index (χ2v) is 15.9. The minimum absolute atomic E-state index is 0.142. The molecular weight excluding hydrogens is 678 g/mol. The molecule has 0 aromatic rings. The second-order valence-electron chi connectivity index (χ2n) is 15.9. The Morgan fingerprint density at radius 3 is 2.27 bits per heavy atom. The van der Waals surface area contributed by atoms with Gasteiger partial charge in [-0.2, -0.15) is 0 Å². The third-order valence-electron chi connectivity index (χ3n) is 10.9. The van der Waals surface area contributed by atoms with E-state index in [1.54, 1.807) is 41.7 Å². The van der Waals surface area contributed by atoms with Crippen molar-refractivity contribution < 1.29 is 58.9 Å². The van der Waals surface area contributed by atoms with Crippen molar-refractivity contribution in [2.45, 2.75) is 155 Å². The van der Waals surface area contributed by atoms with Gasteiger partial charge in [-0.05, 0) is 79.1 Å². The summed E-state index contributed by atoms with van der Waals surface area (Å²) in [7, 11) is 1.60. The van der Waals surface area contributed by atoms with Crippen LogP contribution >= 0.6 is 0 Å². The second kappa shape index (κ2) is 20.0. The van der Waals surface area contributed by atoms with E-state index >= 15 is 0 Å². The first-order valence-corrected chi connectivity index (χ1v) is 19.0. The molecule has 0 saturated carbocycles. The minimum Gasteiger partial charge on any atom is -0.465 e. The third kappa shape index (κ3) is 12.2. The standard InChI is InChI=1S/C37H69N3O12/c1-12-27-37(10,48)31(44)26(8)40(16-14-15-39(11)35(46)38-19-28(41)49-13-2)20-21(3)18-36(9,47)32(24(6)30(43)25(7)33(45)51-27)52-34-29(42)22(4)17-23(5)50-34/h21-27,29-32,34,42-44,47-48H,12-20H2,1-11H3,(H,38,46)/t21-,22-,23+,24+,25-,26-,27-,29+,30+,31-,32-,34-,36-,37-/m1/s1. The number of hydrogen-bond donors (Lipinski definition) is 6. The Bertz CT molecular complexity index is 1140. The Morgan fingerprint density at radius 2 is 1.67 bits per heavy atom. The summed E-state index contributed by atoms with van der Waals surface area (Å²) in [5, 5.41) is 60.7. The summed E-state index contributed by atoms with van der Waals surface area (Å²) in [5.74, 6) is -3.66. The van der Waals surface area contributed by atoms with Gasteiger partial charge in [0.05, 0.1) is 36.4 Å². The number of ether oxygens (including phenoxy) is 4. The minimum atomic E-state index is -1.88. The summed E-state index contributed by atoms with van der Waals surface area (Å²) in [5.41, 5.74) is -3.48. The summed E-state index contributed by atoms with van der Waals surface area (Å²) >= 11 is 0. The van der Waals surface area contributed by atoms with Crippen molar-refractivity contribution >= 4 is 18.0 Å². The maximum absolute atomic E-state index is 13.5. The lowest BCUT2D eigenvalue weighted by Gasteiger charge is -2.45. The lowest BCUT2D eigenvalue weighted by Crippen LogP contribution is -2.59. The van der Waals surface area contributed by atoms with Gasteiger partial charge in [0, 0.05) is 38.6 Å². The lowest BCUT2D eigenvalue weighted by atomic mass is 9.78. The van der Waals surface area contributed by atoms with Crippen molar-refractivity contribution in [2.24, 2.45) is 23.7 Å². The highest BCUT2D eigenvalue weighted by atomic mass is 16.7. The Hall–Kier alpha value is -2.11. The summed E-state index contributed by atoms with van der Waals surface area (Å²) in [6, 6.07) is -1.13. The predicted octanol–water partition coefficient (Wildman–Crippen LogP) is 1.65. The van der Waals surface area contributed by atoms with Crippen molar-refractivity contribution in [3.05, 3.63) is 0 Å². The molecule has 2 aliphatic rings. The molecule has 2 heterocycles. The maximum Gasteiger partial charge on any atom is 0.325 e. The quantitative estimate of drug-likeness (QED) is 0.176. The van der Waals surface area contributed by atoms with Crippen molar-refractivity contribution in [3.8, 4) is 0 Å². The number of nitrogens with one attached hydrogen (secondary N) is 1. The van der Waals surface area contributed by atoms with Crippen LogP contribution in [-0.2, 0) is 28.5 Å². The highest BCUT2D eigenvalue weighted by Crippen LogP contribution is 2.37. The molecule has 52 heavy (non-hydrogen) atoms. The van der Waals surface area contributed by atoms with Crippen LogP contribution in [0.5, 0.6) is 0 Å². The number of urea groups is 1. The number of amides is 2. The van der Waals surface area contributed by atoms with Gasteiger partial charge in [-0.15, -0.1) is 0 Å². The number of carbonyl (C=O) groups is 3. The average molecular weight is 748 g/mol. The van der Waals surface area contributed by atoms with E-state index in [9.17, 15) is 39.9 Å². The van der Waals surface area contributed by atoms with Crippen molar-refractivity contribution in [1.29, 1.82) is 0 Å². The molecule has 15 nitrogen and oxygen atoms in total. The fourth-order valence-electron chi connectivity index (χ4n) is 7.76. The number of cyclic esters (lactones) is 1. The van der Waals surface area contributed by atoms with Crippen LogP contribution in [-0.4, -0.2) is 153 Å². The van der Waals surface area contributed by atoms with Gasteiger partial charge in [-0.25, -0.2) is 4.79 Å². The van der Waals surface area contributed by atoms with Crippen LogP contribution < -0.4 is 5.32 Å². The summed E-state index contributed by atoms with van der Waals surface area (Å²) in [4.78, 5) is 41.2. The number of esters is 2. The molecule has 0 radical (unpaired) electrons. The molecule has 0 aromatic heterocycles. The van der Waals surface area contributed by atoms with Crippen LogP contribution in [0.25, 0.3) is 0 Å². The van der Waals surface area contributed by atoms with Gasteiger partial charge >= 0.3 is 18.0 Å². The van der Waals surface area contributed by atoms with Gasteiger partial charge in [0.25, 0.3) is 0 Å². The van der Waals surface area contributed by atoms with E-state index in [0.717, 1.165) is 0 Å². The average Bonchev–Trinajstić information content (AvgIpc) is 3.07. The predicted molar refractivity (Wildman–Crippen MR) is 193 cm³/mol. The molecular formula is C37H69N3O12. The van der Waals surface area contributed by atoms with Gasteiger partial charge < -0.3 is 54.7 Å². The number of nitrogens with zero attached hydrogens (tertiary/aromatic N) is 2. The van der Waals surface area contributed by atoms with Crippen LogP contribution in [0.4, 0.5) is 4.79 Å². The van der Waals surface area contributed by atoms with E-state index < -0.39 is 83.9 Å². The smallest absolute Gasteiger partial charge is 0.325 e. The van der Waals surface area contributed by atoms with E-state index in [0.29, 0.717) is 32.5 Å². The first-order chi connectivity index (χ1) is 24.1. The molecule has 0 bridgehead atoms. The first kappa shape index (κ1) is 46.0. The Morgan fingerprint density at radius 1 is 1.04 bits per heavy atom. The zero-order valence-corrected chi connectivity index (χ0v) is 33.3. The van der Waals surface area contributed by atoms with Gasteiger partial charge in [0.2, 0.25) is 0 Å². The van der Waals surface area contributed by atoms with Gasteiger partial charge in [0.15, 0.2) is 6.29 Å². The fourth-order valence-corrected chi connectivity index (χ4v) is 7.76. The maximum atomic E-state index is 13.5. The molecule has 2 saturated heterocycles. The van der Waals surface area contributed by atoms with Crippen molar-refractivity contribution in [2.75, 3.05) is 39.8 Å². The van der Waals surface area contributed by atoms with E-state index in [1.807, 2.05) is 25.7 Å². The molecule has 0 aliphatic carbocycles. The number of rotatable bonds is 10. The van der Waals surface area contributed by atoms with Crippen LogP contribution in [0, 0.1) is 23.7 Å². The van der Waals surface area contributed by atoms with Gasteiger partial charge in [-0.1, -0.05) is 27.7 Å². The van der Waals surface area contributed by atoms with Crippen molar-refractivity contribution in [1.82, 2.24) is 15.1 Å². The monoisotopic (exact) mass is 747 g/mol. The largest absolute Gasteiger partial charge is 0.465 e. The van der Waals surface area contributed by atoms with Crippen LogP contribution in [0.1, 0.15) is 94.9 Å². The van der Waals surface area contributed by atoms with E-state index in [4.69, 9.17) is 18.9 Å². The lowest BCUT2D eigenvalue weighted by molar-refractivity contribution is -0.298. The Labute approximate surface area is 310 Å². The number of carbonyl (C=O) groups excluding carboxylic acids is 3. The molecule has 0 spiro atoms. The molecule has 2 rings (SSSR count). The Balaban J connectivity index is 2.45. The zero-order valence-electron chi connectivity index (χ0n) is 33.3. The third-order valence-corrected chi connectivity index (χ3v) is 10.9. The van der Waals surface area contributed by atoms with E-state index in [-0.39, 0.29) is 43.9 Å². The first-order valence-electron chi connectivity index (χ1n) is 19.0. The molecule has 304 valence electrons. The highest BCUT2D eigenvalue weighted by Gasteiger charge is 2.49. The fraction of sp³-hybridized carbons (Fsp3) is 0.919. The molecule has 2 amide bonds. The number of hydrogen-bond acceptors (Lipinski definition) is 13. The van der Waals surface area contributed by atoms with Gasteiger partial charge in [0.1, 0.15) is 30.5 Å². The number of aliphatic hydroxyl groups is 5. The normalized spacial score (nSPS) is 40.2. The van der Waals surface area contributed by atoms with Crippen LogP contribution in [0.2, 0.25) is 0 Å². The SMILES string of the molecule is CCOC(=O)CNC(=O)N(C)CCCN1C[C@H](C)C[C@@](C)(O)[C@H](O[C@H]2O[C@@H](C)C[C@@H](C)[C@@H]2O)[C@@H](C)[C@H](O)[C@@H](C)C(=O)O[C@H](CC)[C@@](C)(O)[C@H](O)[C@H]1C. The van der Waals surface area contributed by atoms with Crippen molar-refractivity contribution in [3.63, 3.8) is 0 Å². The van der Waals surface area contributed by atoms with Gasteiger partial charge in [-0.3, -0.25) is 14.5 Å². The van der Waals surface area contributed by atoms with Crippen LogP contribution in [0.3, 0.4) is 0 Å². The highest BCUT2D eigenvalue weighted by molar-refractivity contribution is 5.80. The topological polar surface area (TPSA) is 208 Å². The summed E-state index contributed by atoms with van der Waals surface area (Å²) in [6.07, 6.45) is -5.82.